The molecule has 0 amide bonds. The van der Waals surface area contributed by atoms with Gasteiger partial charge in [0.25, 0.3) is 0 Å². The van der Waals surface area contributed by atoms with Crippen LogP contribution in [-0.2, 0) is 9.53 Å². The highest BCUT2D eigenvalue weighted by Crippen LogP contribution is 1.89. The normalized spacial score (nSPS) is 10.3. The zero-order valence-electron chi connectivity index (χ0n) is 7.68. The Labute approximate surface area is 87.6 Å². The van der Waals surface area contributed by atoms with E-state index in [4.69, 9.17) is 4.74 Å². The second kappa shape index (κ2) is 7.79. The van der Waals surface area contributed by atoms with Crippen LogP contribution < -0.4 is 0 Å². The van der Waals surface area contributed by atoms with E-state index in [1.807, 2.05) is 22.6 Å². The Balaban J connectivity index is 3.34. The number of nitrogens with zero attached hydrogens (tertiary/aromatic N) is 1. The molecule has 0 aliphatic rings. The zero-order valence-corrected chi connectivity index (χ0v) is 9.83. The number of hydrogen-bond acceptors (Lipinski definition) is 3. The molecule has 0 bridgehead atoms. The van der Waals surface area contributed by atoms with Crippen molar-refractivity contribution in [2.24, 2.45) is 0 Å². The van der Waals surface area contributed by atoms with Gasteiger partial charge in [0.05, 0.1) is 4.43 Å². The van der Waals surface area contributed by atoms with Crippen LogP contribution in [0, 0.1) is 0 Å². The van der Waals surface area contributed by atoms with Crippen molar-refractivity contribution in [1.29, 1.82) is 0 Å². The Morgan fingerprint density at radius 3 is 2.42 bits per heavy atom. The van der Waals surface area contributed by atoms with Crippen LogP contribution in [0.5, 0.6) is 0 Å². The van der Waals surface area contributed by atoms with Gasteiger partial charge in [0.1, 0.15) is 6.61 Å². The zero-order chi connectivity index (χ0) is 9.40. The number of esters is 1. The number of carbonyl (C=O) groups is 1. The number of carbonyl (C=O) groups excluding carboxylic acids is 1. The summed E-state index contributed by atoms with van der Waals surface area (Å²) in [4.78, 5) is 12.9. The highest BCUT2D eigenvalue weighted by atomic mass is 127. The molecule has 0 aromatic rings. The topological polar surface area (TPSA) is 29.5 Å². The fourth-order valence-electron chi connectivity index (χ4n) is 0.867. The van der Waals surface area contributed by atoms with E-state index >= 15 is 0 Å². The first kappa shape index (κ1) is 12.2. The second-order valence-corrected chi connectivity index (χ2v) is 3.14. The van der Waals surface area contributed by atoms with Crippen LogP contribution in [0.4, 0.5) is 0 Å². The lowest BCUT2D eigenvalue weighted by atomic mass is 10.5. The Kier molecular flexibility index (Phi) is 7.89. The van der Waals surface area contributed by atoms with Crippen LogP contribution in [0.2, 0.25) is 0 Å². The number of hydrogen-bond donors (Lipinski definition) is 0. The van der Waals surface area contributed by atoms with Gasteiger partial charge in [-0.15, -0.1) is 0 Å². The van der Waals surface area contributed by atoms with Gasteiger partial charge in [-0.2, -0.15) is 0 Å². The predicted octanol–water partition coefficient (Wildman–Crippen LogP) is 1.31. The van der Waals surface area contributed by atoms with E-state index in [2.05, 4.69) is 18.7 Å². The summed E-state index contributed by atoms with van der Waals surface area (Å²) in [6, 6.07) is 0. The minimum atomic E-state index is -0.122. The molecular formula is C8H16INO2. The smallest absolute Gasteiger partial charge is 0.315 e. The van der Waals surface area contributed by atoms with Crippen LogP contribution >= 0.6 is 22.6 Å². The fraction of sp³-hybridized carbons (Fsp3) is 0.875. The molecule has 0 rings (SSSR count). The number of ether oxygens (including phenoxy) is 1. The second-order valence-electron chi connectivity index (χ2n) is 2.38. The summed E-state index contributed by atoms with van der Waals surface area (Å²) in [6.45, 7) is 7.59. The third-order valence-corrected chi connectivity index (χ3v) is 2.30. The van der Waals surface area contributed by atoms with Gasteiger partial charge in [-0.3, -0.25) is 4.79 Å². The maximum atomic E-state index is 10.7. The van der Waals surface area contributed by atoms with Gasteiger partial charge in [0, 0.05) is 6.54 Å². The monoisotopic (exact) mass is 285 g/mol. The summed E-state index contributed by atoms with van der Waals surface area (Å²) < 4.78 is 5.38. The van der Waals surface area contributed by atoms with Crippen LogP contribution in [-0.4, -0.2) is 41.5 Å². The minimum absolute atomic E-state index is 0.122. The molecule has 72 valence electrons. The Hall–Kier alpha value is 0.160. The van der Waals surface area contributed by atoms with Gasteiger partial charge in [-0.05, 0) is 13.1 Å². The summed E-state index contributed by atoms with van der Waals surface area (Å²) in [5.74, 6) is -0.122. The molecule has 0 spiro atoms. The van der Waals surface area contributed by atoms with Crippen molar-refractivity contribution < 1.29 is 9.53 Å². The average Bonchev–Trinajstić information content (AvgIpc) is 2.12. The molecule has 0 N–H and O–H groups in total. The number of likely N-dealkylation sites (N-methyl/N-ethyl adjacent to an activating group) is 1. The number of rotatable bonds is 6. The van der Waals surface area contributed by atoms with E-state index in [9.17, 15) is 4.79 Å². The van der Waals surface area contributed by atoms with E-state index in [0.717, 1.165) is 19.6 Å². The van der Waals surface area contributed by atoms with E-state index in [1.165, 1.54) is 0 Å². The molecular weight excluding hydrogens is 269 g/mol. The first-order valence-electron chi connectivity index (χ1n) is 4.18. The van der Waals surface area contributed by atoms with Crippen LogP contribution in [0.25, 0.3) is 0 Å². The summed E-state index contributed by atoms with van der Waals surface area (Å²) in [5.41, 5.74) is 0. The first-order chi connectivity index (χ1) is 5.74. The van der Waals surface area contributed by atoms with Crippen molar-refractivity contribution in [2.75, 3.05) is 30.7 Å². The summed E-state index contributed by atoms with van der Waals surface area (Å²) in [6.07, 6.45) is 0. The molecule has 12 heavy (non-hydrogen) atoms. The average molecular weight is 285 g/mol. The highest BCUT2D eigenvalue weighted by molar-refractivity contribution is 14.1. The van der Waals surface area contributed by atoms with Crippen LogP contribution in [0.1, 0.15) is 13.8 Å². The molecule has 3 nitrogen and oxygen atoms in total. The van der Waals surface area contributed by atoms with Gasteiger partial charge in [-0.25, -0.2) is 0 Å². The maximum Gasteiger partial charge on any atom is 0.315 e. The van der Waals surface area contributed by atoms with Gasteiger partial charge in [-0.1, -0.05) is 36.4 Å². The van der Waals surface area contributed by atoms with Gasteiger partial charge in [0.15, 0.2) is 0 Å². The summed E-state index contributed by atoms with van der Waals surface area (Å²) >= 11 is 2.00. The summed E-state index contributed by atoms with van der Waals surface area (Å²) in [7, 11) is 0. The third-order valence-electron chi connectivity index (χ3n) is 1.67. The SMILES string of the molecule is CCN(CC)CCOC(=O)CI. The van der Waals surface area contributed by atoms with Crippen molar-refractivity contribution in [3.8, 4) is 0 Å². The molecule has 0 saturated carbocycles. The first-order valence-corrected chi connectivity index (χ1v) is 5.71. The molecule has 4 heteroatoms. The molecule has 0 heterocycles. The van der Waals surface area contributed by atoms with E-state index in [1.54, 1.807) is 0 Å². The van der Waals surface area contributed by atoms with Gasteiger partial charge >= 0.3 is 5.97 Å². The highest BCUT2D eigenvalue weighted by Gasteiger charge is 2.01. The lowest BCUT2D eigenvalue weighted by Gasteiger charge is -2.17. The van der Waals surface area contributed by atoms with Crippen molar-refractivity contribution in [1.82, 2.24) is 4.90 Å². The molecule has 0 saturated heterocycles. The van der Waals surface area contributed by atoms with E-state index < -0.39 is 0 Å². The van der Waals surface area contributed by atoms with Crippen LogP contribution in [0.15, 0.2) is 0 Å². The lowest BCUT2D eigenvalue weighted by molar-refractivity contribution is -0.140. The Morgan fingerprint density at radius 1 is 1.42 bits per heavy atom. The molecule has 0 aromatic carbocycles. The molecule has 0 radical (unpaired) electrons. The minimum Gasteiger partial charge on any atom is -0.464 e. The molecule has 0 aliphatic carbocycles. The predicted molar refractivity (Wildman–Crippen MR) is 57.6 cm³/mol. The van der Waals surface area contributed by atoms with Crippen molar-refractivity contribution >= 4 is 28.6 Å². The van der Waals surface area contributed by atoms with E-state index in [0.29, 0.717) is 11.0 Å². The van der Waals surface area contributed by atoms with Crippen molar-refractivity contribution in [2.45, 2.75) is 13.8 Å². The lowest BCUT2D eigenvalue weighted by Crippen LogP contribution is -2.28. The largest absolute Gasteiger partial charge is 0.464 e. The Bertz CT molecular complexity index is 126. The molecule has 0 atom stereocenters. The number of halogens is 1. The summed E-state index contributed by atoms with van der Waals surface area (Å²) in [5, 5.41) is 0. The molecule has 0 aliphatic heterocycles. The molecule has 0 unspecified atom stereocenters. The Morgan fingerprint density at radius 2 is 2.00 bits per heavy atom. The standard InChI is InChI=1S/C8H16INO2/c1-3-10(4-2)5-6-12-8(11)7-9/h3-7H2,1-2H3. The van der Waals surface area contributed by atoms with Gasteiger partial charge in [0.2, 0.25) is 0 Å². The number of alkyl halides is 1. The third kappa shape index (κ3) is 5.77. The van der Waals surface area contributed by atoms with Gasteiger partial charge < -0.3 is 9.64 Å². The quantitative estimate of drug-likeness (QED) is 0.418. The molecule has 0 aromatic heterocycles. The molecule has 0 fully saturated rings. The van der Waals surface area contributed by atoms with Crippen molar-refractivity contribution in [3.05, 3.63) is 0 Å². The van der Waals surface area contributed by atoms with E-state index in [-0.39, 0.29) is 5.97 Å². The maximum absolute atomic E-state index is 10.7. The fourth-order valence-corrected chi connectivity index (χ4v) is 1.09. The van der Waals surface area contributed by atoms with Crippen molar-refractivity contribution in [3.63, 3.8) is 0 Å². The van der Waals surface area contributed by atoms with Crippen LogP contribution in [0.3, 0.4) is 0 Å².